The molecule has 0 aliphatic heterocycles. The highest BCUT2D eigenvalue weighted by molar-refractivity contribution is 5.99. The molecule has 0 radical (unpaired) electrons. The lowest BCUT2D eigenvalue weighted by molar-refractivity contribution is 0.917. The second-order valence-electron chi connectivity index (χ2n) is 6.33. The number of hydrogen-bond acceptors (Lipinski definition) is 4. The fourth-order valence-corrected chi connectivity index (χ4v) is 3.36. The lowest BCUT2D eigenvalue weighted by Gasteiger charge is -2.08. The van der Waals surface area contributed by atoms with Gasteiger partial charge in [0.2, 0.25) is 0 Å². The topological polar surface area (TPSA) is 55.1 Å². The number of pyridine rings is 1. The molecule has 3 aromatic heterocycles. The lowest BCUT2D eigenvalue weighted by Crippen LogP contribution is -2.06. The summed E-state index contributed by atoms with van der Waals surface area (Å²) in [4.78, 5) is 8.94. The van der Waals surface area contributed by atoms with Crippen molar-refractivity contribution in [2.24, 2.45) is 0 Å². The van der Waals surface area contributed by atoms with Crippen LogP contribution in [0.3, 0.4) is 0 Å². The van der Waals surface area contributed by atoms with Crippen molar-refractivity contribution >= 4 is 22.2 Å². The summed E-state index contributed by atoms with van der Waals surface area (Å²) < 4.78 is 1.85. The molecule has 5 heteroatoms. The quantitative estimate of drug-likeness (QED) is 0.516. The summed E-state index contributed by atoms with van der Waals surface area (Å²) in [7, 11) is 0. The Morgan fingerprint density at radius 2 is 1.67 bits per heavy atom. The molecular weight excluding hydrogens is 334 g/mol. The van der Waals surface area contributed by atoms with Gasteiger partial charge in [-0.15, -0.1) is 0 Å². The number of fused-ring (bicyclic) bond motifs is 2. The number of aromatic nitrogens is 4. The zero-order valence-electron chi connectivity index (χ0n) is 14.6. The Hall–Kier alpha value is -3.73. The van der Waals surface area contributed by atoms with Crippen LogP contribution in [-0.4, -0.2) is 19.6 Å². The van der Waals surface area contributed by atoms with Gasteiger partial charge in [0.1, 0.15) is 5.82 Å². The minimum absolute atomic E-state index is 0.628. The standard InChI is InChI=1S/C22H17N5/c1-2-9-18-16(6-1)7-5-10-19(18)20-15-26-27-21(11-13-24-22(20)27)25-14-17-8-3-4-12-23-17/h1-13,15,25H,14H2. The first-order valence-electron chi connectivity index (χ1n) is 8.85. The van der Waals surface area contributed by atoms with Crippen molar-refractivity contribution in [3.8, 4) is 11.1 Å². The van der Waals surface area contributed by atoms with Gasteiger partial charge in [0.15, 0.2) is 5.65 Å². The van der Waals surface area contributed by atoms with Crippen LogP contribution in [0.25, 0.3) is 27.5 Å². The highest BCUT2D eigenvalue weighted by Gasteiger charge is 2.12. The highest BCUT2D eigenvalue weighted by atomic mass is 15.3. The first kappa shape index (κ1) is 15.5. The monoisotopic (exact) mass is 351 g/mol. The zero-order chi connectivity index (χ0) is 18.1. The number of rotatable bonds is 4. The number of hydrogen-bond donors (Lipinski definition) is 1. The fourth-order valence-electron chi connectivity index (χ4n) is 3.36. The molecule has 1 N–H and O–H groups in total. The zero-order valence-corrected chi connectivity index (χ0v) is 14.6. The largest absolute Gasteiger partial charge is 0.364 e. The summed E-state index contributed by atoms with van der Waals surface area (Å²) in [6.07, 6.45) is 5.49. The second kappa shape index (κ2) is 6.53. The average Bonchev–Trinajstić information content (AvgIpc) is 3.17. The van der Waals surface area contributed by atoms with E-state index in [1.165, 1.54) is 10.8 Å². The van der Waals surface area contributed by atoms with Crippen LogP contribution >= 0.6 is 0 Å². The van der Waals surface area contributed by atoms with Crippen LogP contribution in [0.1, 0.15) is 5.69 Å². The van der Waals surface area contributed by atoms with E-state index in [0.717, 1.165) is 28.3 Å². The Morgan fingerprint density at radius 3 is 2.59 bits per heavy atom. The Balaban J connectivity index is 1.57. The van der Waals surface area contributed by atoms with Crippen LogP contribution in [0.4, 0.5) is 5.82 Å². The molecule has 0 saturated carbocycles. The van der Waals surface area contributed by atoms with Gasteiger partial charge in [0.25, 0.3) is 0 Å². The van der Waals surface area contributed by atoms with E-state index in [1.807, 2.05) is 41.2 Å². The smallest absolute Gasteiger partial charge is 0.165 e. The number of benzene rings is 2. The first-order chi connectivity index (χ1) is 13.4. The fraction of sp³-hybridized carbons (Fsp3) is 0.0455. The highest BCUT2D eigenvalue weighted by Crippen LogP contribution is 2.31. The predicted octanol–water partition coefficient (Wildman–Crippen LogP) is 4.56. The summed E-state index contributed by atoms with van der Waals surface area (Å²) in [5.74, 6) is 0.886. The SMILES string of the molecule is c1ccc(CNc2ccnc3c(-c4cccc5ccccc45)cnn23)nc1. The maximum atomic E-state index is 4.59. The molecule has 2 aromatic carbocycles. The van der Waals surface area contributed by atoms with Crippen LogP contribution in [0, 0.1) is 0 Å². The van der Waals surface area contributed by atoms with Gasteiger partial charge in [-0.2, -0.15) is 9.61 Å². The molecule has 0 bridgehead atoms. The van der Waals surface area contributed by atoms with Crippen LogP contribution in [-0.2, 0) is 6.54 Å². The van der Waals surface area contributed by atoms with Gasteiger partial charge in [0, 0.05) is 18.0 Å². The van der Waals surface area contributed by atoms with Crippen molar-refractivity contribution < 1.29 is 0 Å². The minimum Gasteiger partial charge on any atom is -0.364 e. The van der Waals surface area contributed by atoms with Crippen LogP contribution in [0.15, 0.2) is 85.3 Å². The van der Waals surface area contributed by atoms with Crippen molar-refractivity contribution in [1.29, 1.82) is 0 Å². The Morgan fingerprint density at radius 1 is 0.778 bits per heavy atom. The Labute approximate surface area is 156 Å². The second-order valence-corrected chi connectivity index (χ2v) is 6.33. The molecule has 0 amide bonds. The van der Waals surface area contributed by atoms with E-state index in [2.05, 4.69) is 62.8 Å². The molecule has 0 aliphatic carbocycles. The van der Waals surface area contributed by atoms with E-state index in [0.29, 0.717) is 6.54 Å². The predicted molar refractivity (Wildman–Crippen MR) is 107 cm³/mol. The molecular formula is C22H17N5. The lowest BCUT2D eigenvalue weighted by atomic mass is 10.0. The number of nitrogens with one attached hydrogen (secondary N) is 1. The van der Waals surface area contributed by atoms with Gasteiger partial charge in [-0.25, -0.2) is 4.98 Å². The number of nitrogens with zero attached hydrogens (tertiary/aromatic N) is 4. The van der Waals surface area contributed by atoms with Gasteiger partial charge in [-0.05, 0) is 34.5 Å². The van der Waals surface area contributed by atoms with E-state index < -0.39 is 0 Å². The molecule has 130 valence electrons. The molecule has 0 unspecified atom stereocenters. The van der Waals surface area contributed by atoms with E-state index in [-0.39, 0.29) is 0 Å². The summed E-state index contributed by atoms with van der Waals surface area (Å²) >= 11 is 0. The molecule has 0 aliphatic rings. The summed E-state index contributed by atoms with van der Waals surface area (Å²) in [6, 6.07) is 22.5. The van der Waals surface area contributed by atoms with Gasteiger partial charge in [0.05, 0.1) is 18.4 Å². The first-order valence-corrected chi connectivity index (χ1v) is 8.85. The average molecular weight is 351 g/mol. The third-order valence-corrected chi connectivity index (χ3v) is 4.66. The normalized spacial score (nSPS) is 11.1. The van der Waals surface area contributed by atoms with E-state index in [4.69, 9.17) is 0 Å². The van der Waals surface area contributed by atoms with Crippen molar-refractivity contribution in [3.05, 3.63) is 91.0 Å². The van der Waals surface area contributed by atoms with Gasteiger partial charge >= 0.3 is 0 Å². The third-order valence-electron chi connectivity index (χ3n) is 4.66. The number of anilines is 1. The van der Waals surface area contributed by atoms with Crippen molar-refractivity contribution in [2.45, 2.75) is 6.54 Å². The Bertz CT molecular complexity index is 1220. The Kier molecular flexibility index (Phi) is 3.76. The van der Waals surface area contributed by atoms with Crippen molar-refractivity contribution in [3.63, 3.8) is 0 Å². The van der Waals surface area contributed by atoms with Crippen LogP contribution in [0.5, 0.6) is 0 Å². The van der Waals surface area contributed by atoms with Gasteiger partial charge < -0.3 is 5.32 Å². The van der Waals surface area contributed by atoms with Gasteiger partial charge in [-0.1, -0.05) is 48.5 Å². The van der Waals surface area contributed by atoms with E-state index in [9.17, 15) is 0 Å². The maximum absolute atomic E-state index is 4.59. The van der Waals surface area contributed by atoms with Gasteiger partial charge in [-0.3, -0.25) is 4.98 Å². The molecule has 0 atom stereocenters. The summed E-state index contributed by atoms with van der Waals surface area (Å²) in [6.45, 7) is 0.628. The molecule has 5 nitrogen and oxygen atoms in total. The van der Waals surface area contributed by atoms with Crippen molar-refractivity contribution in [2.75, 3.05) is 5.32 Å². The molecule has 3 heterocycles. The van der Waals surface area contributed by atoms with E-state index >= 15 is 0 Å². The van der Waals surface area contributed by atoms with Crippen LogP contribution < -0.4 is 5.32 Å². The molecule has 5 rings (SSSR count). The summed E-state index contributed by atoms with van der Waals surface area (Å²) in [5.41, 5.74) is 3.96. The van der Waals surface area contributed by atoms with E-state index in [1.54, 1.807) is 6.20 Å². The van der Waals surface area contributed by atoms with Crippen molar-refractivity contribution in [1.82, 2.24) is 19.6 Å². The molecule has 0 spiro atoms. The molecule has 5 aromatic rings. The molecule has 0 fully saturated rings. The van der Waals surface area contributed by atoms with Crippen LogP contribution in [0.2, 0.25) is 0 Å². The minimum atomic E-state index is 0.628. The molecule has 27 heavy (non-hydrogen) atoms. The third kappa shape index (κ3) is 2.79. The maximum Gasteiger partial charge on any atom is 0.165 e. The summed E-state index contributed by atoms with van der Waals surface area (Å²) in [5, 5.41) is 10.4. The molecule has 0 saturated heterocycles.